The van der Waals surface area contributed by atoms with Crippen LogP contribution in [0.4, 0.5) is 0 Å². The summed E-state index contributed by atoms with van der Waals surface area (Å²) < 4.78 is 20.3. The molecule has 1 N–H and O–H groups in total. The molecule has 106 valence electrons. The maximum Gasteiger partial charge on any atom is 0.519 e. The van der Waals surface area contributed by atoms with Crippen LogP contribution < -0.4 is 20.6 Å². The highest BCUT2D eigenvalue weighted by Crippen LogP contribution is 2.32. The fourth-order valence-electron chi connectivity index (χ4n) is 2.07. The summed E-state index contributed by atoms with van der Waals surface area (Å²) in [4.78, 5) is 10.9. The monoisotopic (exact) mass is 277 g/mol. The highest BCUT2D eigenvalue weighted by molar-refractivity contribution is 5.44. The van der Waals surface area contributed by atoms with E-state index in [-0.39, 0.29) is 6.79 Å². The maximum atomic E-state index is 10.9. The minimum atomic E-state index is -0.657. The molecule has 0 saturated heterocycles. The van der Waals surface area contributed by atoms with Crippen molar-refractivity contribution in [2.24, 2.45) is 0 Å². The standard InChI is InChI=1S/C14H15NO5/c1-9-13(20-14(16)19-9)7-15-5-4-10-2-3-11-12(6-10)18-8-17-11/h2-3,6,15H,4-5,7-8H2,1H3. The van der Waals surface area contributed by atoms with E-state index in [0.29, 0.717) is 18.1 Å². The summed E-state index contributed by atoms with van der Waals surface area (Å²) >= 11 is 0. The second-order valence-corrected chi connectivity index (χ2v) is 4.55. The van der Waals surface area contributed by atoms with Crippen molar-refractivity contribution in [3.63, 3.8) is 0 Å². The minimum absolute atomic E-state index is 0.288. The Bertz CT molecular complexity index is 658. The van der Waals surface area contributed by atoms with Gasteiger partial charge in [-0.2, -0.15) is 0 Å². The molecule has 0 aliphatic carbocycles. The molecule has 1 aromatic heterocycles. The fourth-order valence-corrected chi connectivity index (χ4v) is 2.07. The van der Waals surface area contributed by atoms with Gasteiger partial charge in [0.25, 0.3) is 0 Å². The summed E-state index contributed by atoms with van der Waals surface area (Å²) in [6.07, 6.45) is 0.845. The molecule has 20 heavy (non-hydrogen) atoms. The van der Waals surface area contributed by atoms with Gasteiger partial charge in [-0.25, -0.2) is 4.79 Å². The van der Waals surface area contributed by atoms with Gasteiger partial charge in [-0.05, 0) is 37.6 Å². The largest absolute Gasteiger partial charge is 0.519 e. The van der Waals surface area contributed by atoms with Crippen LogP contribution in [0, 0.1) is 6.92 Å². The van der Waals surface area contributed by atoms with Crippen molar-refractivity contribution < 1.29 is 18.3 Å². The zero-order valence-electron chi connectivity index (χ0n) is 11.1. The summed E-state index contributed by atoms with van der Waals surface area (Å²) in [5, 5.41) is 3.21. The zero-order chi connectivity index (χ0) is 13.9. The van der Waals surface area contributed by atoms with Gasteiger partial charge in [0.15, 0.2) is 17.3 Å². The number of aryl methyl sites for hydroxylation is 1. The molecule has 0 radical (unpaired) electrons. The predicted molar refractivity (Wildman–Crippen MR) is 70.0 cm³/mol. The van der Waals surface area contributed by atoms with Gasteiger partial charge in [0, 0.05) is 0 Å². The number of hydrogen-bond donors (Lipinski definition) is 1. The Balaban J connectivity index is 1.50. The van der Waals surface area contributed by atoms with E-state index in [1.165, 1.54) is 0 Å². The summed E-state index contributed by atoms with van der Waals surface area (Å²) in [6, 6.07) is 5.91. The van der Waals surface area contributed by atoms with Gasteiger partial charge in [-0.1, -0.05) is 6.07 Å². The molecule has 0 fully saturated rings. The number of hydrogen-bond acceptors (Lipinski definition) is 6. The van der Waals surface area contributed by atoms with E-state index in [1.54, 1.807) is 6.92 Å². The van der Waals surface area contributed by atoms with Gasteiger partial charge in [-0.3, -0.25) is 0 Å². The highest BCUT2D eigenvalue weighted by Gasteiger charge is 2.13. The number of ether oxygens (including phenoxy) is 2. The van der Waals surface area contributed by atoms with Gasteiger partial charge >= 0.3 is 5.82 Å². The van der Waals surface area contributed by atoms with Crippen LogP contribution in [0.25, 0.3) is 0 Å². The molecule has 2 aromatic rings. The molecule has 1 aromatic carbocycles. The van der Waals surface area contributed by atoms with E-state index in [1.807, 2.05) is 18.2 Å². The average Bonchev–Trinajstić information content (AvgIpc) is 3.00. The molecule has 6 heteroatoms. The van der Waals surface area contributed by atoms with Crippen LogP contribution in [0.5, 0.6) is 11.5 Å². The molecule has 1 aliphatic rings. The van der Waals surface area contributed by atoms with Crippen molar-refractivity contribution in [1.82, 2.24) is 5.32 Å². The predicted octanol–water partition coefficient (Wildman–Crippen LogP) is 1.60. The molecule has 0 unspecified atom stereocenters. The second kappa shape index (κ2) is 5.42. The molecule has 3 rings (SSSR count). The van der Waals surface area contributed by atoms with Crippen molar-refractivity contribution in [1.29, 1.82) is 0 Å². The van der Waals surface area contributed by atoms with Crippen LogP contribution in [0.1, 0.15) is 17.1 Å². The van der Waals surface area contributed by atoms with Gasteiger partial charge in [-0.15, -0.1) is 0 Å². The van der Waals surface area contributed by atoms with Gasteiger partial charge < -0.3 is 23.6 Å². The Morgan fingerprint density at radius 3 is 2.85 bits per heavy atom. The molecule has 0 bridgehead atoms. The topological polar surface area (TPSA) is 73.8 Å². The van der Waals surface area contributed by atoms with E-state index in [0.717, 1.165) is 30.0 Å². The molecule has 0 spiro atoms. The Morgan fingerprint density at radius 2 is 2.05 bits per heavy atom. The van der Waals surface area contributed by atoms with E-state index >= 15 is 0 Å². The lowest BCUT2D eigenvalue weighted by atomic mass is 10.1. The Hall–Kier alpha value is -2.21. The van der Waals surface area contributed by atoms with E-state index in [9.17, 15) is 4.79 Å². The zero-order valence-corrected chi connectivity index (χ0v) is 11.1. The SMILES string of the molecule is Cc1oc(=O)oc1CNCCc1ccc2c(c1)OCO2. The van der Waals surface area contributed by atoms with Crippen molar-refractivity contribution in [3.05, 3.63) is 45.9 Å². The molecule has 1 aliphatic heterocycles. The van der Waals surface area contributed by atoms with E-state index < -0.39 is 5.82 Å². The Kier molecular flexibility index (Phi) is 3.47. The first-order valence-corrected chi connectivity index (χ1v) is 6.41. The molecule has 2 heterocycles. The summed E-state index contributed by atoms with van der Waals surface area (Å²) in [5.41, 5.74) is 1.16. The van der Waals surface area contributed by atoms with Gasteiger partial charge in [0.2, 0.25) is 6.79 Å². The second-order valence-electron chi connectivity index (χ2n) is 4.55. The number of benzene rings is 1. The van der Waals surface area contributed by atoms with E-state index in [2.05, 4.69) is 5.32 Å². The highest BCUT2D eigenvalue weighted by atomic mass is 16.7. The first kappa shape index (κ1) is 12.8. The fraction of sp³-hybridized carbons (Fsp3) is 0.357. The average molecular weight is 277 g/mol. The molecular weight excluding hydrogens is 262 g/mol. The van der Waals surface area contributed by atoms with Crippen LogP contribution in [0.2, 0.25) is 0 Å². The van der Waals surface area contributed by atoms with Crippen molar-refractivity contribution in [2.75, 3.05) is 13.3 Å². The smallest absolute Gasteiger partial charge is 0.454 e. The summed E-state index contributed by atoms with van der Waals surface area (Å²) in [6.45, 7) is 3.23. The molecule has 0 atom stereocenters. The molecule has 0 amide bonds. The maximum absolute atomic E-state index is 10.9. The van der Waals surface area contributed by atoms with Crippen LogP contribution in [-0.4, -0.2) is 13.3 Å². The lowest BCUT2D eigenvalue weighted by Gasteiger charge is -2.04. The number of fused-ring (bicyclic) bond motifs is 1. The summed E-state index contributed by atoms with van der Waals surface area (Å²) in [5.74, 6) is 1.98. The normalized spacial score (nSPS) is 12.8. The van der Waals surface area contributed by atoms with Crippen LogP contribution in [0.3, 0.4) is 0 Å². The third kappa shape index (κ3) is 2.70. The Labute approximate surface area is 115 Å². The lowest BCUT2D eigenvalue weighted by molar-refractivity contribution is 0.174. The first-order chi connectivity index (χ1) is 9.72. The first-order valence-electron chi connectivity index (χ1n) is 6.41. The third-order valence-electron chi connectivity index (χ3n) is 3.15. The lowest BCUT2D eigenvalue weighted by Crippen LogP contribution is -2.16. The van der Waals surface area contributed by atoms with Crippen LogP contribution >= 0.6 is 0 Å². The van der Waals surface area contributed by atoms with Crippen molar-refractivity contribution >= 4 is 0 Å². The number of rotatable bonds is 5. The number of nitrogens with one attached hydrogen (secondary N) is 1. The van der Waals surface area contributed by atoms with Crippen LogP contribution in [0.15, 0.2) is 31.8 Å². The van der Waals surface area contributed by atoms with E-state index in [4.69, 9.17) is 18.3 Å². The third-order valence-corrected chi connectivity index (χ3v) is 3.15. The van der Waals surface area contributed by atoms with Crippen LogP contribution in [-0.2, 0) is 13.0 Å². The molecular formula is C14H15NO5. The molecule has 6 nitrogen and oxygen atoms in total. The Morgan fingerprint density at radius 1 is 1.20 bits per heavy atom. The van der Waals surface area contributed by atoms with Crippen molar-refractivity contribution in [3.8, 4) is 11.5 Å². The minimum Gasteiger partial charge on any atom is -0.454 e. The van der Waals surface area contributed by atoms with Gasteiger partial charge in [0.1, 0.15) is 5.76 Å². The van der Waals surface area contributed by atoms with Gasteiger partial charge in [0.05, 0.1) is 6.54 Å². The molecule has 0 saturated carbocycles. The quantitative estimate of drug-likeness (QED) is 0.837. The van der Waals surface area contributed by atoms with Crippen molar-refractivity contribution in [2.45, 2.75) is 19.9 Å². The summed E-state index contributed by atoms with van der Waals surface area (Å²) in [7, 11) is 0.